The smallest absolute Gasteiger partial charge is 0.232 e. The number of carbonyl (C=O) groups is 2. The molecule has 0 saturated heterocycles. The second-order valence-corrected chi connectivity index (χ2v) is 7.70. The maximum atomic E-state index is 13.4. The minimum Gasteiger partial charge on any atom is -0.497 e. The number of ether oxygens (including phenoxy) is 3. The molecule has 0 N–H and O–H groups in total. The number of methoxy groups -OCH3 is 2. The molecule has 6 nitrogen and oxygen atoms in total. The van der Waals surface area contributed by atoms with Gasteiger partial charge in [0.15, 0.2) is 5.78 Å². The summed E-state index contributed by atoms with van der Waals surface area (Å²) in [7, 11) is 3.15. The first-order valence-corrected chi connectivity index (χ1v) is 10.6. The predicted molar refractivity (Wildman–Crippen MR) is 118 cm³/mol. The Morgan fingerprint density at radius 1 is 0.935 bits per heavy atom. The Kier molecular flexibility index (Phi) is 5.98. The number of hydrogen-bond acceptors (Lipinski definition) is 5. The lowest BCUT2D eigenvalue weighted by Gasteiger charge is -2.38. The number of allylic oxidation sites excluding steroid dienone is 2. The molecule has 6 heteroatoms. The highest BCUT2D eigenvalue weighted by Gasteiger charge is 2.39. The molecular formula is C25H27NO5. The summed E-state index contributed by atoms with van der Waals surface area (Å²) in [5.41, 5.74) is 3.16. The minimum absolute atomic E-state index is 0.0392. The number of Topliss-reactive ketones (excluding diaryl/α,β-unsaturated/α-hetero) is 1. The standard InChI is InChI=1S/C25H27NO5/c1-4-31-18-10-8-16(9-11-18)21-15-24(28)26(22-6-5-7-23(27)25(21)22)17-12-19(29-2)14-20(13-17)30-3/h8-14,21H,4-7,15H2,1-3H3. The van der Waals surface area contributed by atoms with Crippen molar-refractivity contribution in [2.45, 2.75) is 38.5 Å². The van der Waals surface area contributed by atoms with Crippen molar-refractivity contribution in [1.82, 2.24) is 0 Å². The van der Waals surface area contributed by atoms with Gasteiger partial charge < -0.3 is 14.2 Å². The third kappa shape index (κ3) is 4.02. The van der Waals surface area contributed by atoms with Gasteiger partial charge in [0.2, 0.25) is 5.91 Å². The second-order valence-electron chi connectivity index (χ2n) is 7.70. The highest BCUT2D eigenvalue weighted by atomic mass is 16.5. The highest BCUT2D eigenvalue weighted by Crippen LogP contribution is 2.44. The summed E-state index contributed by atoms with van der Waals surface area (Å²) in [4.78, 5) is 28.1. The zero-order chi connectivity index (χ0) is 22.0. The molecular weight excluding hydrogens is 394 g/mol. The number of benzene rings is 2. The number of rotatable bonds is 6. The van der Waals surface area contributed by atoms with E-state index in [9.17, 15) is 9.59 Å². The fourth-order valence-electron chi connectivity index (χ4n) is 4.46. The fraction of sp³-hybridized carbons (Fsp3) is 0.360. The summed E-state index contributed by atoms with van der Waals surface area (Å²) in [6.45, 7) is 2.53. The van der Waals surface area contributed by atoms with E-state index in [-0.39, 0.29) is 24.0 Å². The van der Waals surface area contributed by atoms with E-state index in [0.717, 1.165) is 29.0 Å². The zero-order valence-electron chi connectivity index (χ0n) is 18.1. The van der Waals surface area contributed by atoms with Crippen LogP contribution in [0.5, 0.6) is 17.2 Å². The first-order chi connectivity index (χ1) is 15.0. The van der Waals surface area contributed by atoms with E-state index >= 15 is 0 Å². The third-order valence-electron chi connectivity index (χ3n) is 5.86. The summed E-state index contributed by atoms with van der Waals surface area (Å²) in [5, 5.41) is 0. The van der Waals surface area contributed by atoms with E-state index in [1.54, 1.807) is 37.3 Å². The third-order valence-corrected chi connectivity index (χ3v) is 5.86. The van der Waals surface area contributed by atoms with Gasteiger partial charge >= 0.3 is 0 Å². The molecule has 0 spiro atoms. The summed E-state index contributed by atoms with van der Waals surface area (Å²) in [6, 6.07) is 13.1. The molecule has 2 aromatic rings. The molecule has 2 aromatic carbocycles. The normalized spacial score (nSPS) is 18.7. The van der Waals surface area contributed by atoms with Gasteiger partial charge in [-0.15, -0.1) is 0 Å². The van der Waals surface area contributed by atoms with Gasteiger partial charge in [0.1, 0.15) is 17.2 Å². The molecule has 1 heterocycles. The van der Waals surface area contributed by atoms with Gasteiger partial charge in [0.25, 0.3) is 0 Å². The monoisotopic (exact) mass is 421 g/mol. The summed E-state index contributed by atoms with van der Waals surface area (Å²) >= 11 is 0. The topological polar surface area (TPSA) is 65.1 Å². The Hall–Kier alpha value is -3.28. The Labute approximate surface area is 182 Å². The molecule has 2 aliphatic rings. The Morgan fingerprint density at radius 3 is 2.23 bits per heavy atom. The van der Waals surface area contributed by atoms with Crippen LogP contribution >= 0.6 is 0 Å². The Balaban J connectivity index is 1.80. The lowest BCUT2D eigenvalue weighted by molar-refractivity contribution is -0.119. The van der Waals surface area contributed by atoms with Crippen LogP contribution in [0.3, 0.4) is 0 Å². The molecule has 1 atom stereocenters. The highest BCUT2D eigenvalue weighted by molar-refractivity contribution is 6.07. The van der Waals surface area contributed by atoms with Crippen molar-refractivity contribution >= 4 is 17.4 Å². The van der Waals surface area contributed by atoms with Crippen molar-refractivity contribution < 1.29 is 23.8 Å². The molecule has 0 bridgehead atoms. The van der Waals surface area contributed by atoms with E-state index in [0.29, 0.717) is 36.6 Å². The lowest BCUT2D eigenvalue weighted by atomic mass is 9.77. The predicted octanol–water partition coefficient (Wildman–Crippen LogP) is 4.63. The van der Waals surface area contributed by atoms with Gasteiger partial charge in [0, 0.05) is 48.2 Å². The van der Waals surface area contributed by atoms with Crippen molar-refractivity contribution in [3.63, 3.8) is 0 Å². The van der Waals surface area contributed by atoms with Crippen LogP contribution in [0.25, 0.3) is 0 Å². The average Bonchev–Trinajstić information content (AvgIpc) is 2.79. The zero-order valence-corrected chi connectivity index (χ0v) is 18.1. The first kappa shape index (κ1) is 21.0. The van der Waals surface area contributed by atoms with Crippen LogP contribution in [-0.4, -0.2) is 32.5 Å². The number of amides is 1. The molecule has 1 aliphatic carbocycles. The average molecular weight is 421 g/mol. The number of nitrogens with zero attached hydrogens (tertiary/aromatic N) is 1. The van der Waals surface area contributed by atoms with Crippen LogP contribution in [-0.2, 0) is 9.59 Å². The van der Waals surface area contributed by atoms with Crippen molar-refractivity contribution in [2.24, 2.45) is 0 Å². The Bertz CT molecular complexity index is 1000. The SMILES string of the molecule is CCOc1ccc(C2CC(=O)N(c3cc(OC)cc(OC)c3)C3=C2C(=O)CCC3)cc1. The number of anilines is 1. The molecule has 4 rings (SSSR count). The van der Waals surface area contributed by atoms with E-state index in [1.165, 1.54) is 0 Å². The molecule has 1 amide bonds. The molecule has 1 unspecified atom stereocenters. The first-order valence-electron chi connectivity index (χ1n) is 10.6. The largest absolute Gasteiger partial charge is 0.497 e. The van der Waals surface area contributed by atoms with Crippen molar-refractivity contribution in [2.75, 3.05) is 25.7 Å². The van der Waals surface area contributed by atoms with Gasteiger partial charge in [-0.1, -0.05) is 12.1 Å². The van der Waals surface area contributed by atoms with Gasteiger partial charge in [-0.2, -0.15) is 0 Å². The molecule has 0 fully saturated rings. The number of carbonyl (C=O) groups excluding carboxylic acids is 2. The molecule has 31 heavy (non-hydrogen) atoms. The molecule has 0 aromatic heterocycles. The van der Waals surface area contributed by atoms with Gasteiger partial charge in [-0.25, -0.2) is 0 Å². The van der Waals surface area contributed by atoms with Crippen molar-refractivity contribution in [3.05, 3.63) is 59.3 Å². The van der Waals surface area contributed by atoms with Crippen molar-refractivity contribution in [3.8, 4) is 17.2 Å². The van der Waals surface area contributed by atoms with Crippen LogP contribution in [0, 0.1) is 0 Å². The number of ketones is 1. The summed E-state index contributed by atoms with van der Waals surface area (Å²) < 4.78 is 16.3. The molecule has 0 radical (unpaired) electrons. The van der Waals surface area contributed by atoms with Crippen LogP contribution in [0.15, 0.2) is 53.7 Å². The molecule has 1 aliphatic heterocycles. The second kappa shape index (κ2) is 8.84. The number of hydrogen-bond donors (Lipinski definition) is 0. The van der Waals surface area contributed by atoms with Crippen LogP contribution in [0.1, 0.15) is 44.1 Å². The van der Waals surface area contributed by atoms with Gasteiger partial charge in [0.05, 0.1) is 26.5 Å². The molecule has 0 saturated carbocycles. The quantitative estimate of drug-likeness (QED) is 0.680. The lowest BCUT2D eigenvalue weighted by Crippen LogP contribution is -2.40. The van der Waals surface area contributed by atoms with Crippen molar-refractivity contribution in [1.29, 1.82) is 0 Å². The molecule has 162 valence electrons. The maximum Gasteiger partial charge on any atom is 0.232 e. The summed E-state index contributed by atoms with van der Waals surface area (Å²) in [5.74, 6) is 1.81. The van der Waals surface area contributed by atoms with E-state index in [1.807, 2.05) is 31.2 Å². The van der Waals surface area contributed by atoms with E-state index in [4.69, 9.17) is 14.2 Å². The van der Waals surface area contributed by atoms with Gasteiger partial charge in [-0.05, 0) is 37.5 Å². The fourth-order valence-corrected chi connectivity index (χ4v) is 4.46. The summed E-state index contributed by atoms with van der Waals surface area (Å²) in [6.07, 6.45) is 2.16. The minimum atomic E-state index is -0.241. The van der Waals surface area contributed by atoms with Crippen LogP contribution in [0.4, 0.5) is 5.69 Å². The van der Waals surface area contributed by atoms with Crippen LogP contribution < -0.4 is 19.1 Å². The maximum absolute atomic E-state index is 13.4. The van der Waals surface area contributed by atoms with Crippen LogP contribution in [0.2, 0.25) is 0 Å². The van der Waals surface area contributed by atoms with Gasteiger partial charge in [-0.3, -0.25) is 14.5 Å². The van der Waals surface area contributed by atoms with E-state index in [2.05, 4.69) is 0 Å². The van der Waals surface area contributed by atoms with E-state index < -0.39 is 0 Å². The Morgan fingerprint density at radius 2 is 1.61 bits per heavy atom.